The molecular formula is C18H18ClF3N2O2. The van der Waals surface area contributed by atoms with Gasteiger partial charge in [-0.3, -0.25) is 4.79 Å². The van der Waals surface area contributed by atoms with Gasteiger partial charge in [-0.05, 0) is 18.9 Å². The zero-order valence-electron chi connectivity index (χ0n) is 14.7. The van der Waals surface area contributed by atoms with Crippen LogP contribution in [0.3, 0.4) is 0 Å². The fourth-order valence-electron chi connectivity index (χ4n) is 2.73. The van der Waals surface area contributed by atoms with E-state index < -0.39 is 28.6 Å². The van der Waals surface area contributed by atoms with E-state index in [0.29, 0.717) is 17.8 Å². The average Bonchev–Trinajstić information content (AvgIpc) is 2.55. The molecule has 0 amide bonds. The van der Waals surface area contributed by atoms with Gasteiger partial charge in [-0.1, -0.05) is 30.6 Å². The summed E-state index contributed by atoms with van der Waals surface area (Å²) in [7, 11) is 1.33. The van der Waals surface area contributed by atoms with E-state index in [4.69, 9.17) is 16.4 Å². The second-order valence-electron chi connectivity index (χ2n) is 5.86. The van der Waals surface area contributed by atoms with Gasteiger partial charge in [0, 0.05) is 24.2 Å². The number of nitrogens with zero attached hydrogens (tertiary/aromatic N) is 2. The van der Waals surface area contributed by atoms with Crippen LogP contribution < -0.4 is 5.56 Å². The van der Waals surface area contributed by atoms with Crippen LogP contribution in [0.15, 0.2) is 28.1 Å². The highest BCUT2D eigenvalue weighted by atomic mass is 35.5. The van der Waals surface area contributed by atoms with Crippen molar-refractivity contribution in [3.05, 3.63) is 56.6 Å². The van der Waals surface area contributed by atoms with Gasteiger partial charge in [0.1, 0.15) is 29.6 Å². The summed E-state index contributed by atoms with van der Waals surface area (Å²) in [4.78, 5) is 17.3. The fraction of sp³-hybridized carbons (Fsp3) is 0.333. The first-order valence-electron chi connectivity index (χ1n) is 7.92. The molecule has 0 unspecified atom stereocenters. The van der Waals surface area contributed by atoms with Crippen molar-refractivity contribution < 1.29 is 18.0 Å². The summed E-state index contributed by atoms with van der Waals surface area (Å²) in [5.74, 6) is -3.53. The monoisotopic (exact) mass is 386 g/mol. The molecule has 0 bridgehead atoms. The van der Waals surface area contributed by atoms with E-state index >= 15 is 0 Å². The second-order valence-corrected chi connectivity index (χ2v) is 6.27. The summed E-state index contributed by atoms with van der Waals surface area (Å²) < 4.78 is 43.4. The maximum Gasteiger partial charge on any atom is 0.269 e. The molecule has 26 heavy (non-hydrogen) atoms. The first kappa shape index (κ1) is 20.0. The van der Waals surface area contributed by atoms with Crippen molar-refractivity contribution in [1.82, 2.24) is 4.57 Å². The van der Waals surface area contributed by atoms with Crippen molar-refractivity contribution in [3.8, 4) is 11.3 Å². The predicted molar refractivity (Wildman–Crippen MR) is 95.1 cm³/mol. The zero-order chi connectivity index (χ0) is 19.6. The van der Waals surface area contributed by atoms with Crippen LogP contribution in [0.4, 0.5) is 13.2 Å². The van der Waals surface area contributed by atoms with E-state index in [9.17, 15) is 18.0 Å². The third-order valence-corrected chi connectivity index (χ3v) is 4.09. The predicted octanol–water partition coefficient (Wildman–Crippen LogP) is 4.61. The molecule has 1 aromatic heterocycles. The van der Waals surface area contributed by atoms with Gasteiger partial charge in [-0.2, -0.15) is 0 Å². The average molecular weight is 387 g/mol. The molecule has 0 saturated heterocycles. The van der Waals surface area contributed by atoms with Crippen molar-refractivity contribution in [1.29, 1.82) is 0 Å². The second kappa shape index (κ2) is 7.95. The summed E-state index contributed by atoms with van der Waals surface area (Å²) in [5.41, 5.74) is -0.633. The number of halogens is 4. The van der Waals surface area contributed by atoms with Crippen LogP contribution in [-0.4, -0.2) is 17.4 Å². The number of pyridine rings is 1. The van der Waals surface area contributed by atoms with Crippen LogP contribution in [0.2, 0.25) is 5.02 Å². The number of oxime groups is 1. The Balaban J connectivity index is 3.03. The molecule has 0 aliphatic carbocycles. The van der Waals surface area contributed by atoms with E-state index in [1.807, 2.05) is 0 Å². The van der Waals surface area contributed by atoms with Crippen LogP contribution in [-0.2, 0) is 11.4 Å². The molecule has 2 aromatic rings. The van der Waals surface area contributed by atoms with Crippen LogP contribution in [0.5, 0.6) is 0 Å². The molecule has 0 N–H and O–H groups in total. The Bertz CT molecular complexity index is 900. The first-order valence-corrected chi connectivity index (χ1v) is 8.30. The van der Waals surface area contributed by atoms with Gasteiger partial charge in [0.2, 0.25) is 0 Å². The van der Waals surface area contributed by atoms with Gasteiger partial charge in [0.05, 0.1) is 17.0 Å². The van der Waals surface area contributed by atoms with Crippen molar-refractivity contribution in [3.63, 3.8) is 0 Å². The van der Waals surface area contributed by atoms with E-state index in [1.54, 1.807) is 20.8 Å². The van der Waals surface area contributed by atoms with Crippen molar-refractivity contribution in [2.45, 2.75) is 27.3 Å². The van der Waals surface area contributed by atoms with E-state index in [2.05, 4.69) is 5.16 Å². The zero-order valence-corrected chi connectivity index (χ0v) is 15.5. The fourth-order valence-corrected chi connectivity index (χ4v) is 2.94. The standard InChI is InChI=1S/C18H18ClF3N2O2/c1-5-24-17(15-13(21)6-10(20)7-14(15)22)11(8-12(19)18(24)25)16(9(2)3)23-26-4/h6-9H,5H2,1-4H3. The van der Waals surface area contributed by atoms with Crippen molar-refractivity contribution in [2.24, 2.45) is 11.1 Å². The lowest BCUT2D eigenvalue weighted by atomic mass is 9.94. The van der Waals surface area contributed by atoms with E-state index in [1.165, 1.54) is 13.2 Å². The normalized spacial score (nSPS) is 12.0. The molecule has 1 heterocycles. The maximum atomic E-state index is 14.5. The highest BCUT2D eigenvalue weighted by Gasteiger charge is 2.26. The lowest BCUT2D eigenvalue weighted by Crippen LogP contribution is -2.26. The number of hydrogen-bond donors (Lipinski definition) is 0. The summed E-state index contributed by atoms with van der Waals surface area (Å²) >= 11 is 6.03. The molecule has 4 nitrogen and oxygen atoms in total. The number of aromatic nitrogens is 1. The SMILES string of the molecule is CCn1c(-c2c(F)cc(F)cc2F)c(C(=NOC)C(C)C)cc(Cl)c1=O. The van der Waals surface area contributed by atoms with Gasteiger partial charge < -0.3 is 9.40 Å². The Kier molecular flexibility index (Phi) is 6.13. The number of rotatable bonds is 5. The highest BCUT2D eigenvalue weighted by Crippen LogP contribution is 2.32. The maximum absolute atomic E-state index is 14.5. The molecule has 2 rings (SSSR count). The number of benzene rings is 1. The van der Waals surface area contributed by atoms with Gasteiger partial charge in [-0.25, -0.2) is 13.2 Å². The minimum atomic E-state index is -1.13. The van der Waals surface area contributed by atoms with E-state index in [-0.39, 0.29) is 28.7 Å². The van der Waals surface area contributed by atoms with Gasteiger partial charge in [0.25, 0.3) is 5.56 Å². The van der Waals surface area contributed by atoms with Crippen LogP contribution >= 0.6 is 11.6 Å². The van der Waals surface area contributed by atoms with Crippen LogP contribution in [0.25, 0.3) is 11.3 Å². The Morgan fingerprint density at radius 1 is 1.23 bits per heavy atom. The summed E-state index contributed by atoms with van der Waals surface area (Å²) in [5, 5.41) is 3.80. The summed E-state index contributed by atoms with van der Waals surface area (Å²) in [6, 6.07) is 2.42. The molecule has 0 aliphatic rings. The quantitative estimate of drug-likeness (QED) is 0.556. The molecule has 0 radical (unpaired) electrons. The summed E-state index contributed by atoms with van der Waals surface area (Å²) in [6.07, 6.45) is 0. The first-order chi connectivity index (χ1) is 12.2. The topological polar surface area (TPSA) is 43.6 Å². The minimum Gasteiger partial charge on any atom is -0.399 e. The smallest absolute Gasteiger partial charge is 0.269 e. The van der Waals surface area contributed by atoms with Crippen molar-refractivity contribution >= 4 is 17.3 Å². The third-order valence-electron chi connectivity index (χ3n) is 3.82. The summed E-state index contributed by atoms with van der Waals surface area (Å²) in [6.45, 7) is 5.33. The lowest BCUT2D eigenvalue weighted by Gasteiger charge is -2.20. The third kappa shape index (κ3) is 3.62. The molecule has 0 spiro atoms. The molecule has 140 valence electrons. The van der Waals surface area contributed by atoms with Crippen LogP contribution in [0, 0.1) is 23.4 Å². The molecule has 0 aliphatic heterocycles. The van der Waals surface area contributed by atoms with Gasteiger partial charge in [0.15, 0.2) is 0 Å². The van der Waals surface area contributed by atoms with Crippen LogP contribution in [0.1, 0.15) is 26.3 Å². The molecule has 8 heteroatoms. The molecule has 1 aromatic carbocycles. The van der Waals surface area contributed by atoms with Gasteiger partial charge in [-0.15, -0.1) is 0 Å². The Labute approximate surface area is 153 Å². The largest absolute Gasteiger partial charge is 0.399 e. The Hall–Kier alpha value is -2.28. The lowest BCUT2D eigenvalue weighted by molar-refractivity contribution is 0.212. The Morgan fingerprint density at radius 2 is 1.81 bits per heavy atom. The molecule has 0 saturated carbocycles. The van der Waals surface area contributed by atoms with Crippen molar-refractivity contribution in [2.75, 3.05) is 7.11 Å². The highest BCUT2D eigenvalue weighted by molar-refractivity contribution is 6.31. The molecular weight excluding hydrogens is 369 g/mol. The Morgan fingerprint density at radius 3 is 2.27 bits per heavy atom. The number of hydrogen-bond acceptors (Lipinski definition) is 3. The minimum absolute atomic E-state index is 0.0681. The van der Waals surface area contributed by atoms with Gasteiger partial charge >= 0.3 is 0 Å². The molecule has 0 fully saturated rings. The van der Waals surface area contributed by atoms with E-state index in [0.717, 1.165) is 4.57 Å². The molecule has 0 atom stereocenters.